The Labute approximate surface area is 207 Å². The molecule has 174 valence electrons. The summed E-state index contributed by atoms with van der Waals surface area (Å²) in [6, 6.07) is 21.1. The largest absolute Gasteiger partial charge is 0.456 e. The summed E-state index contributed by atoms with van der Waals surface area (Å²) in [6.45, 7) is 18.8. The van der Waals surface area contributed by atoms with Gasteiger partial charge in [-0.1, -0.05) is 62.4 Å². The second kappa shape index (κ2) is 8.71. The Morgan fingerprint density at radius 3 is 2.26 bits per heavy atom. The number of hydrogen-bond acceptors (Lipinski definition) is 1. The first-order chi connectivity index (χ1) is 16.8. The predicted octanol–water partition coefficient (Wildman–Crippen LogP) is 8.42. The number of pyridine rings is 1. The summed E-state index contributed by atoms with van der Waals surface area (Å²) in [5.41, 5.74) is 11.2. The fourth-order valence-electron chi connectivity index (χ4n) is 5.25. The van der Waals surface area contributed by atoms with E-state index in [9.17, 15) is 0 Å². The first-order valence-corrected chi connectivity index (χ1v) is 12.2. The molecule has 0 spiro atoms. The van der Waals surface area contributed by atoms with Crippen molar-refractivity contribution in [2.45, 2.75) is 41.0 Å². The number of aryl methyl sites for hydroxylation is 2. The molecule has 2 aromatic heterocycles. The molecular formula is C32H31N2O+. The van der Waals surface area contributed by atoms with Crippen molar-refractivity contribution in [1.29, 1.82) is 0 Å². The van der Waals surface area contributed by atoms with Gasteiger partial charge in [0.25, 0.3) is 0 Å². The molecule has 0 amide bonds. The minimum absolute atomic E-state index is 0.608. The third-order valence-corrected chi connectivity index (χ3v) is 7.13. The number of nitrogens with zero attached hydrogens (tertiary/aromatic N) is 2. The summed E-state index contributed by atoms with van der Waals surface area (Å²) in [5, 5.41) is 2.14. The zero-order valence-electron chi connectivity index (χ0n) is 21.4. The summed E-state index contributed by atoms with van der Waals surface area (Å²) in [6.07, 6.45) is 1.06. The summed E-state index contributed by atoms with van der Waals surface area (Å²) >= 11 is 0. The molecule has 0 saturated carbocycles. The maximum absolute atomic E-state index is 7.90. The van der Waals surface area contributed by atoms with Gasteiger partial charge in [-0.05, 0) is 48.9 Å². The van der Waals surface area contributed by atoms with Crippen LogP contribution in [0, 0.1) is 33.3 Å². The van der Waals surface area contributed by atoms with Crippen LogP contribution in [-0.2, 0) is 13.5 Å². The average molecular weight is 460 g/mol. The molecule has 2 heterocycles. The maximum Gasteiger partial charge on any atom is 0.216 e. The van der Waals surface area contributed by atoms with Crippen molar-refractivity contribution in [2.24, 2.45) is 13.0 Å². The van der Waals surface area contributed by atoms with Gasteiger partial charge in [-0.25, -0.2) is 4.85 Å². The van der Waals surface area contributed by atoms with Gasteiger partial charge in [0.15, 0.2) is 5.69 Å². The first-order valence-electron chi connectivity index (χ1n) is 12.2. The molecular weight excluding hydrogens is 428 g/mol. The Morgan fingerprint density at radius 2 is 1.57 bits per heavy atom. The molecule has 0 aliphatic carbocycles. The van der Waals surface area contributed by atoms with Crippen LogP contribution >= 0.6 is 0 Å². The van der Waals surface area contributed by atoms with Crippen LogP contribution in [0.2, 0.25) is 0 Å². The quantitative estimate of drug-likeness (QED) is 0.195. The van der Waals surface area contributed by atoms with Gasteiger partial charge in [-0.2, -0.15) is 4.57 Å². The van der Waals surface area contributed by atoms with E-state index in [1.54, 1.807) is 0 Å². The van der Waals surface area contributed by atoms with Crippen LogP contribution in [0.15, 0.2) is 65.1 Å². The minimum Gasteiger partial charge on any atom is -0.456 e. The maximum atomic E-state index is 7.90. The van der Waals surface area contributed by atoms with E-state index in [4.69, 9.17) is 11.0 Å². The Hall–Kier alpha value is -3.90. The Balaban J connectivity index is 1.86. The van der Waals surface area contributed by atoms with Gasteiger partial charge in [-0.15, -0.1) is 0 Å². The molecule has 0 fully saturated rings. The molecule has 5 rings (SSSR count). The minimum atomic E-state index is 0.608. The number of aromatic nitrogens is 1. The third kappa shape index (κ3) is 3.70. The Morgan fingerprint density at radius 1 is 0.857 bits per heavy atom. The van der Waals surface area contributed by atoms with E-state index >= 15 is 0 Å². The van der Waals surface area contributed by atoms with E-state index in [-0.39, 0.29) is 0 Å². The number of rotatable bonds is 4. The molecule has 0 aliphatic heterocycles. The van der Waals surface area contributed by atoms with E-state index in [1.807, 2.05) is 25.1 Å². The first kappa shape index (κ1) is 22.9. The van der Waals surface area contributed by atoms with Crippen molar-refractivity contribution in [3.63, 3.8) is 0 Å². The highest BCUT2D eigenvalue weighted by atomic mass is 16.3. The van der Waals surface area contributed by atoms with Gasteiger partial charge in [0.1, 0.15) is 18.2 Å². The Bertz CT molecular complexity index is 1630. The summed E-state index contributed by atoms with van der Waals surface area (Å²) < 4.78 is 9.03. The fraction of sp³-hybridized carbons (Fsp3) is 0.250. The van der Waals surface area contributed by atoms with Crippen molar-refractivity contribution >= 4 is 27.6 Å². The van der Waals surface area contributed by atoms with Gasteiger partial charge in [0.2, 0.25) is 11.4 Å². The molecule has 0 N–H and O–H groups in total. The SMILES string of the molecule is [C-]#[N+]c1c(C)cc2c(oc3c(-c4ccc(CC(C)C)c(C)[n+]4C)c(C)ccc32)c1-c1ccccc1. The highest BCUT2D eigenvalue weighted by molar-refractivity contribution is 6.15. The molecule has 5 aromatic rings. The fourth-order valence-corrected chi connectivity index (χ4v) is 5.25. The molecule has 0 radical (unpaired) electrons. The van der Waals surface area contributed by atoms with Crippen molar-refractivity contribution in [3.8, 4) is 22.4 Å². The highest BCUT2D eigenvalue weighted by Crippen LogP contribution is 2.45. The molecule has 0 bridgehead atoms. The van der Waals surface area contributed by atoms with Crippen LogP contribution in [-0.4, -0.2) is 0 Å². The van der Waals surface area contributed by atoms with Crippen LogP contribution in [0.25, 0.3) is 49.2 Å². The zero-order valence-corrected chi connectivity index (χ0v) is 21.4. The van der Waals surface area contributed by atoms with Gasteiger partial charge in [-0.3, -0.25) is 0 Å². The Kier molecular flexibility index (Phi) is 5.69. The zero-order chi connectivity index (χ0) is 24.9. The molecule has 3 nitrogen and oxygen atoms in total. The third-order valence-electron chi connectivity index (χ3n) is 7.13. The number of hydrogen-bond donors (Lipinski definition) is 0. The van der Waals surface area contributed by atoms with Gasteiger partial charge >= 0.3 is 0 Å². The smallest absolute Gasteiger partial charge is 0.216 e. The molecule has 35 heavy (non-hydrogen) atoms. The molecule has 0 saturated heterocycles. The van der Waals surface area contributed by atoms with Crippen LogP contribution in [0.4, 0.5) is 5.69 Å². The summed E-state index contributed by atoms with van der Waals surface area (Å²) in [7, 11) is 2.14. The van der Waals surface area contributed by atoms with Gasteiger partial charge in [0, 0.05) is 34.9 Å². The summed E-state index contributed by atoms with van der Waals surface area (Å²) in [4.78, 5) is 3.91. The number of fused-ring (bicyclic) bond motifs is 3. The highest BCUT2D eigenvalue weighted by Gasteiger charge is 2.25. The molecule has 0 aliphatic rings. The van der Waals surface area contributed by atoms with Crippen molar-refractivity contribution in [2.75, 3.05) is 0 Å². The van der Waals surface area contributed by atoms with E-state index in [0.717, 1.165) is 56.3 Å². The number of benzene rings is 3. The molecule has 0 unspecified atom stereocenters. The monoisotopic (exact) mass is 459 g/mol. The second-order valence-corrected chi connectivity index (χ2v) is 9.99. The van der Waals surface area contributed by atoms with Gasteiger partial charge in [0.05, 0.1) is 12.1 Å². The van der Waals surface area contributed by atoms with Gasteiger partial charge < -0.3 is 4.42 Å². The molecule has 3 heteroatoms. The van der Waals surface area contributed by atoms with Crippen molar-refractivity contribution in [3.05, 3.63) is 94.5 Å². The lowest BCUT2D eigenvalue weighted by Crippen LogP contribution is -2.36. The molecule has 0 atom stereocenters. The van der Waals surface area contributed by atoms with E-state index in [2.05, 4.69) is 86.6 Å². The number of furan rings is 1. The predicted molar refractivity (Wildman–Crippen MR) is 145 cm³/mol. The van der Waals surface area contributed by atoms with Crippen LogP contribution < -0.4 is 4.57 Å². The second-order valence-electron chi connectivity index (χ2n) is 9.99. The molecule has 3 aromatic carbocycles. The van der Waals surface area contributed by atoms with Crippen LogP contribution in [0.5, 0.6) is 0 Å². The van der Waals surface area contributed by atoms with Crippen LogP contribution in [0.3, 0.4) is 0 Å². The lowest BCUT2D eigenvalue weighted by Gasteiger charge is -2.11. The summed E-state index contributed by atoms with van der Waals surface area (Å²) in [5.74, 6) is 0.608. The van der Waals surface area contributed by atoms with Crippen molar-refractivity contribution < 1.29 is 8.98 Å². The normalized spacial score (nSPS) is 11.5. The standard InChI is InChI=1S/C32H31N2O/c1-19(2)17-24-14-16-27(34(7)22(24)5)28-20(3)13-15-25-26-18-21(4)30(33-6)29(32(26)35-31(25)28)23-11-9-8-10-12-23/h8-16,18-19H,17H2,1-5,7H3/q+1. The lowest BCUT2D eigenvalue weighted by atomic mass is 9.95. The van der Waals surface area contributed by atoms with E-state index < -0.39 is 0 Å². The lowest BCUT2D eigenvalue weighted by molar-refractivity contribution is -0.667. The van der Waals surface area contributed by atoms with Crippen molar-refractivity contribution in [1.82, 2.24) is 0 Å². The van der Waals surface area contributed by atoms with E-state index in [1.165, 1.54) is 16.8 Å². The van der Waals surface area contributed by atoms with E-state index in [0.29, 0.717) is 11.6 Å². The topological polar surface area (TPSA) is 21.4 Å². The average Bonchev–Trinajstić information content (AvgIpc) is 3.20. The van der Waals surface area contributed by atoms with Crippen LogP contribution in [0.1, 0.15) is 36.2 Å².